The van der Waals surface area contributed by atoms with Gasteiger partial charge < -0.3 is 10.1 Å². The van der Waals surface area contributed by atoms with E-state index in [9.17, 15) is 9.59 Å². The van der Waals surface area contributed by atoms with Gasteiger partial charge in [0, 0.05) is 24.4 Å². The molecule has 1 aliphatic carbocycles. The Labute approximate surface area is 156 Å². The Morgan fingerprint density at radius 1 is 1.19 bits per heavy atom. The minimum atomic E-state index is -0.611. The second-order valence-electron chi connectivity index (χ2n) is 6.80. The Kier molecular flexibility index (Phi) is 4.58. The van der Waals surface area contributed by atoms with Crippen LogP contribution in [0.2, 0.25) is 0 Å². The van der Waals surface area contributed by atoms with Crippen LogP contribution in [0.4, 0.5) is 0 Å². The number of hydrogen-bond acceptors (Lipinski definition) is 5. The number of carbonyl (C=O) groups is 2. The summed E-state index contributed by atoms with van der Waals surface area (Å²) in [5.41, 5.74) is 1.88. The van der Waals surface area contributed by atoms with Crippen molar-refractivity contribution in [1.29, 1.82) is 0 Å². The molecule has 27 heavy (non-hydrogen) atoms. The van der Waals surface area contributed by atoms with Crippen molar-refractivity contribution in [2.24, 2.45) is 0 Å². The van der Waals surface area contributed by atoms with Crippen LogP contribution in [0.25, 0.3) is 5.65 Å². The molecule has 0 bridgehead atoms. The van der Waals surface area contributed by atoms with Crippen LogP contribution in [0.1, 0.15) is 35.2 Å². The normalized spacial score (nSPS) is 15.1. The summed E-state index contributed by atoms with van der Waals surface area (Å²) >= 11 is 0. The highest BCUT2D eigenvalue weighted by Crippen LogP contribution is 2.43. The van der Waals surface area contributed by atoms with Crippen molar-refractivity contribution in [1.82, 2.24) is 19.9 Å². The van der Waals surface area contributed by atoms with Crippen molar-refractivity contribution in [3.8, 4) is 0 Å². The number of esters is 1. The van der Waals surface area contributed by atoms with Crippen LogP contribution >= 0.6 is 0 Å². The molecule has 1 saturated carbocycles. The molecule has 1 aliphatic rings. The maximum atomic E-state index is 12.2. The summed E-state index contributed by atoms with van der Waals surface area (Å²) in [6, 6.07) is 11.9. The van der Waals surface area contributed by atoms with E-state index in [1.165, 1.54) is 16.3 Å². The van der Waals surface area contributed by atoms with Crippen LogP contribution in [0.5, 0.6) is 0 Å². The smallest absolute Gasteiger partial charge is 0.344 e. The molecule has 1 amide bonds. The van der Waals surface area contributed by atoms with Gasteiger partial charge in [-0.1, -0.05) is 36.8 Å². The van der Waals surface area contributed by atoms with E-state index in [0.717, 1.165) is 19.3 Å². The number of amides is 1. The zero-order chi connectivity index (χ0) is 18.7. The molecule has 7 heteroatoms. The number of aromatic nitrogens is 3. The Hall–Kier alpha value is -3.22. The fourth-order valence-electron chi connectivity index (χ4n) is 3.46. The minimum absolute atomic E-state index is 0.00666. The summed E-state index contributed by atoms with van der Waals surface area (Å²) in [5.74, 6) is -0.921. The van der Waals surface area contributed by atoms with Gasteiger partial charge in [0.2, 0.25) is 0 Å². The molecule has 1 aromatic carbocycles. The highest BCUT2D eigenvalue weighted by Gasteiger charge is 2.38. The lowest BCUT2D eigenvalue weighted by Crippen LogP contribution is -2.46. The first-order valence-electron chi connectivity index (χ1n) is 8.96. The molecule has 0 radical (unpaired) electrons. The largest absolute Gasteiger partial charge is 0.452 e. The maximum Gasteiger partial charge on any atom is 0.344 e. The fraction of sp³-hybridized carbons (Fsp3) is 0.300. The molecule has 2 heterocycles. The predicted octanol–water partition coefficient (Wildman–Crippen LogP) is 2.12. The minimum Gasteiger partial charge on any atom is -0.452 e. The van der Waals surface area contributed by atoms with Gasteiger partial charge in [-0.05, 0) is 24.5 Å². The fourth-order valence-corrected chi connectivity index (χ4v) is 3.46. The lowest BCUT2D eigenvalue weighted by atomic mass is 9.64. The third kappa shape index (κ3) is 3.40. The summed E-state index contributed by atoms with van der Waals surface area (Å²) in [7, 11) is 0. The molecule has 0 saturated heterocycles. The number of rotatable bonds is 6. The molecule has 0 spiro atoms. The molecule has 3 aromatic rings. The lowest BCUT2D eigenvalue weighted by Gasteiger charge is -2.42. The van der Waals surface area contributed by atoms with Gasteiger partial charge in [0.15, 0.2) is 12.3 Å². The van der Waals surface area contributed by atoms with Gasteiger partial charge >= 0.3 is 5.97 Å². The molecule has 7 nitrogen and oxygen atoms in total. The van der Waals surface area contributed by atoms with E-state index in [0.29, 0.717) is 12.2 Å². The van der Waals surface area contributed by atoms with Crippen molar-refractivity contribution in [3.05, 3.63) is 66.1 Å². The van der Waals surface area contributed by atoms with Gasteiger partial charge in [-0.2, -0.15) is 5.10 Å². The van der Waals surface area contributed by atoms with Gasteiger partial charge in [-0.3, -0.25) is 4.79 Å². The molecule has 1 fully saturated rings. The van der Waals surface area contributed by atoms with E-state index in [1.54, 1.807) is 18.5 Å². The predicted molar refractivity (Wildman–Crippen MR) is 98.3 cm³/mol. The zero-order valence-corrected chi connectivity index (χ0v) is 14.8. The summed E-state index contributed by atoms with van der Waals surface area (Å²) in [6.07, 6.45) is 7.90. The molecule has 0 aliphatic heterocycles. The van der Waals surface area contributed by atoms with Crippen molar-refractivity contribution < 1.29 is 14.3 Å². The quantitative estimate of drug-likeness (QED) is 0.677. The van der Waals surface area contributed by atoms with Crippen LogP contribution in [0.15, 0.2) is 55.0 Å². The Morgan fingerprint density at radius 2 is 2.00 bits per heavy atom. The van der Waals surface area contributed by atoms with Crippen molar-refractivity contribution >= 4 is 17.5 Å². The number of benzene rings is 1. The topological polar surface area (TPSA) is 85.6 Å². The number of ether oxygens (including phenoxy) is 1. The van der Waals surface area contributed by atoms with E-state index in [1.807, 2.05) is 18.2 Å². The Morgan fingerprint density at radius 3 is 2.74 bits per heavy atom. The summed E-state index contributed by atoms with van der Waals surface area (Å²) in [6.45, 7) is 0.222. The van der Waals surface area contributed by atoms with Crippen molar-refractivity contribution in [2.45, 2.75) is 24.7 Å². The highest BCUT2D eigenvalue weighted by atomic mass is 16.5. The average molecular weight is 364 g/mol. The lowest BCUT2D eigenvalue weighted by molar-refractivity contribution is -0.124. The second-order valence-corrected chi connectivity index (χ2v) is 6.80. The third-order valence-corrected chi connectivity index (χ3v) is 5.15. The molecule has 0 unspecified atom stereocenters. The monoisotopic (exact) mass is 364 g/mol. The van der Waals surface area contributed by atoms with Crippen molar-refractivity contribution in [3.63, 3.8) is 0 Å². The first-order chi connectivity index (χ1) is 13.2. The van der Waals surface area contributed by atoms with E-state index in [-0.39, 0.29) is 23.5 Å². The van der Waals surface area contributed by atoms with Gasteiger partial charge in [0.1, 0.15) is 5.56 Å². The van der Waals surface area contributed by atoms with Crippen LogP contribution in [-0.4, -0.2) is 39.6 Å². The first-order valence-corrected chi connectivity index (χ1v) is 8.96. The second kappa shape index (κ2) is 7.19. The molecule has 138 valence electrons. The first kappa shape index (κ1) is 17.2. The van der Waals surface area contributed by atoms with Crippen LogP contribution in [0.3, 0.4) is 0 Å². The number of fused-ring (bicyclic) bond motifs is 1. The highest BCUT2D eigenvalue weighted by molar-refractivity contribution is 5.96. The SMILES string of the molecule is O=C(COC(=O)c1cnn2cccnc12)NCC1(c2ccccc2)CCC1. The zero-order valence-electron chi connectivity index (χ0n) is 14.8. The molecule has 4 rings (SSSR count). The number of nitrogens with zero attached hydrogens (tertiary/aromatic N) is 3. The van der Waals surface area contributed by atoms with E-state index in [4.69, 9.17) is 4.74 Å². The van der Waals surface area contributed by atoms with Crippen LogP contribution in [0, 0.1) is 0 Å². The van der Waals surface area contributed by atoms with E-state index < -0.39 is 5.97 Å². The molecular weight excluding hydrogens is 344 g/mol. The van der Waals surface area contributed by atoms with Crippen LogP contribution in [-0.2, 0) is 14.9 Å². The number of carbonyl (C=O) groups excluding carboxylic acids is 2. The maximum absolute atomic E-state index is 12.2. The molecule has 0 atom stereocenters. The Balaban J connectivity index is 1.33. The van der Waals surface area contributed by atoms with Gasteiger partial charge in [0.25, 0.3) is 5.91 Å². The number of hydrogen-bond donors (Lipinski definition) is 1. The van der Waals surface area contributed by atoms with Gasteiger partial charge in [0.05, 0.1) is 6.20 Å². The van der Waals surface area contributed by atoms with Crippen molar-refractivity contribution in [2.75, 3.05) is 13.2 Å². The standard InChI is InChI=1S/C20H20N4O3/c25-17(22-14-20(8-4-9-20)15-6-2-1-3-7-15)13-27-19(26)16-12-23-24-11-5-10-21-18(16)24/h1-3,5-7,10-12H,4,8-9,13-14H2,(H,22,25). The molecule has 1 N–H and O–H groups in total. The summed E-state index contributed by atoms with van der Waals surface area (Å²) < 4.78 is 6.62. The number of nitrogens with one attached hydrogen (secondary N) is 1. The molecular formula is C20H20N4O3. The van der Waals surface area contributed by atoms with Crippen LogP contribution < -0.4 is 5.32 Å². The average Bonchev–Trinajstić information content (AvgIpc) is 3.10. The third-order valence-electron chi connectivity index (χ3n) is 5.15. The summed E-state index contributed by atoms with van der Waals surface area (Å²) in [4.78, 5) is 28.5. The van der Waals surface area contributed by atoms with Gasteiger partial charge in [-0.25, -0.2) is 14.3 Å². The Bertz CT molecular complexity index is 964. The summed E-state index contributed by atoms with van der Waals surface area (Å²) in [5, 5.41) is 6.95. The van der Waals surface area contributed by atoms with E-state index >= 15 is 0 Å². The van der Waals surface area contributed by atoms with E-state index in [2.05, 4.69) is 27.5 Å². The van der Waals surface area contributed by atoms with Gasteiger partial charge in [-0.15, -0.1) is 0 Å². The molecule has 2 aromatic heterocycles.